The van der Waals surface area contributed by atoms with Gasteiger partial charge in [-0.3, -0.25) is 0 Å². The third kappa shape index (κ3) is 2.78. The fourth-order valence-corrected chi connectivity index (χ4v) is 2.24. The predicted octanol–water partition coefficient (Wildman–Crippen LogP) is 3.85. The second-order valence-electron chi connectivity index (χ2n) is 4.06. The van der Waals surface area contributed by atoms with Gasteiger partial charge in [-0.05, 0) is 17.7 Å². The maximum absolute atomic E-state index is 10.2. The normalized spacial score (nSPS) is 12.4. The first kappa shape index (κ1) is 13.2. The maximum Gasteiger partial charge on any atom is 0.0850 e. The third-order valence-electron chi connectivity index (χ3n) is 2.80. The average molecular weight is 282 g/mol. The molecule has 2 nitrogen and oxygen atoms in total. The van der Waals surface area contributed by atoms with Crippen molar-refractivity contribution in [2.45, 2.75) is 12.5 Å². The van der Waals surface area contributed by atoms with Gasteiger partial charge in [-0.25, -0.2) is 0 Å². The summed E-state index contributed by atoms with van der Waals surface area (Å²) < 4.78 is 0. The molecule has 0 saturated heterocycles. The number of nitrogen functional groups attached to an aromatic ring is 1. The summed E-state index contributed by atoms with van der Waals surface area (Å²) in [6, 6.07) is 12.6. The lowest BCUT2D eigenvalue weighted by atomic mass is 10.00. The monoisotopic (exact) mass is 281 g/mol. The zero-order valence-corrected chi connectivity index (χ0v) is 11.1. The molecule has 2 aromatic rings. The van der Waals surface area contributed by atoms with E-state index >= 15 is 0 Å². The van der Waals surface area contributed by atoms with E-state index in [4.69, 9.17) is 28.9 Å². The predicted molar refractivity (Wildman–Crippen MR) is 76.0 cm³/mol. The van der Waals surface area contributed by atoms with Gasteiger partial charge in [0.1, 0.15) is 0 Å². The molecular formula is C14H13Cl2NO. The number of nitrogens with two attached hydrogens (primary N) is 1. The molecule has 2 aromatic carbocycles. The van der Waals surface area contributed by atoms with Crippen molar-refractivity contribution in [2.24, 2.45) is 0 Å². The van der Waals surface area contributed by atoms with Gasteiger partial charge in [-0.1, -0.05) is 53.5 Å². The number of halogens is 2. The molecule has 0 fully saturated rings. The van der Waals surface area contributed by atoms with Crippen LogP contribution in [0.1, 0.15) is 17.2 Å². The summed E-state index contributed by atoms with van der Waals surface area (Å²) in [6.07, 6.45) is -0.310. The average Bonchev–Trinajstić information content (AvgIpc) is 2.35. The molecule has 4 heteroatoms. The highest BCUT2D eigenvalue weighted by molar-refractivity contribution is 6.42. The summed E-state index contributed by atoms with van der Waals surface area (Å²) in [5, 5.41) is 11.2. The summed E-state index contributed by atoms with van der Waals surface area (Å²) in [7, 11) is 0. The van der Waals surface area contributed by atoms with Crippen LogP contribution in [0.15, 0.2) is 42.5 Å². The molecule has 0 bridgehead atoms. The van der Waals surface area contributed by atoms with Crippen LogP contribution in [0.3, 0.4) is 0 Å². The number of anilines is 1. The minimum Gasteiger partial charge on any atom is -0.398 e. The van der Waals surface area contributed by atoms with Crippen molar-refractivity contribution in [3.05, 3.63) is 63.6 Å². The van der Waals surface area contributed by atoms with E-state index in [9.17, 15) is 5.11 Å². The van der Waals surface area contributed by atoms with Crippen molar-refractivity contribution in [1.82, 2.24) is 0 Å². The molecule has 1 atom stereocenters. The number of hydrogen-bond donors (Lipinski definition) is 2. The van der Waals surface area contributed by atoms with E-state index in [-0.39, 0.29) is 0 Å². The van der Waals surface area contributed by atoms with E-state index in [1.807, 2.05) is 24.3 Å². The highest BCUT2D eigenvalue weighted by Crippen LogP contribution is 2.30. The van der Waals surface area contributed by atoms with Gasteiger partial charge in [0, 0.05) is 17.7 Å². The summed E-state index contributed by atoms with van der Waals surface area (Å²) in [4.78, 5) is 0. The van der Waals surface area contributed by atoms with Gasteiger partial charge >= 0.3 is 0 Å². The van der Waals surface area contributed by atoms with Gasteiger partial charge in [-0.15, -0.1) is 0 Å². The minimum atomic E-state index is -0.692. The Balaban J connectivity index is 2.24. The molecule has 94 valence electrons. The topological polar surface area (TPSA) is 46.2 Å². The van der Waals surface area contributed by atoms with E-state index < -0.39 is 6.10 Å². The van der Waals surface area contributed by atoms with Crippen LogP contribution in [0.25, 0.3) is 0 Å². The molecular weight excluding hydrogens is 269 g/mol. The number of hydrogen-bond acceptors (Lipinski definition) is 2. The van der Waals surface area contributed by atoms with Crippen molar-refractivity contribution in [3.63, 3.8) is 0 Å². The zero-order valence-electron chi connectivity index (χ0n) is 9.61. The summed E-state index contributed by atoms with van der Waals surface area (Å²) >= 11 is 12.0. The summed E-state index contributed by atoms with van der Waals surface area (Å²) in [5.74, 6) is 0. The Morgan fingerprint density at radius 1 is 1.06 bits per heavy atom. The number of rotatable bonds is 3. The fourth-order valence-electron chi connectivity index (χ4n) is 1.84. The molecule has 0 spiro atoms. The Morgan fingerprint density at radius 3 is 2.50 bits per heavy atom. The van der Waals surface area contributed by atoms with Crippen molar-refractivity contribution in [3.8, 4) is 0 Å². The lowest BCUT2D eigenvalue weighted by molar-refractivity contribution is 0.179. The zero-order chi connectivity index (χ0) is 13.1. The Hall–Kier alpha value is -1.22. The molecule has 0 aliphatic carbocycles. The van der Waals surface area contributed by atoms with Crippen molar-refractivity contribution in [1.29, 1.82) is 0 Å². The highest BCUT2D eigenvalue weighted by atomic mass is 35.5. The van der Waals surface area contributed by atoms with Crippen LogP contribution in [0.5, 0.6) is 0 Å². The summed E-state index contributed by atoms with van der Waals surface area (Å²) in [5.41, 5.74) is 7.90. The molecule has 0 radical (unpaired) electrons. The van der Waals surface area contributed by atoms with Crippen LogP contribution in [0.2, 0.25) is 10.0 Å². The van der Waals surface area contributed by atoms with Crippen molar-refractivity contribution < 1.29 is 5.11 Å². The first-order valence-corrected chi connectivity index (χ1v) is 6.30. The van der Waals surface area contributed by atoms with E-state index in [0.29, 0.717) is 27.7 Å². The largest absolute Gasteiger partial charge is 0.398 e. The quantitative estimate of drug-likeness (QED) is 0.840. The number of benzene rings is 2. The van der Waals surface area contributed by atoms with E-state index in [0.717, 1.165) is 5.56 Å². The first-order valence-electron chi connectivity index (χ1n) is 5.55. The Bertz CT molecular complexity index is 557. The third-order valence-corrected chi connectivity index (χ3v) is 3.66. The van der Waals surface area contributed by atoms with Gasteiger partial charge < -0.3 is 10.8 Å². The Morgan fingerprint density at radius 2 is 1.78 bits per heavy atom. The molecule has 0 aliphatic rings. The van der Waals surface area contributed by atoms with Crippen LogP contribution >= 0.6 is 23.2 Å². The van der Waals surface area contributed by atoms with Gasteiger partial charge in [0.2, 0.25) is 0 Å². The standard InChI is InChI=1S/C14H13Cl2NO/c15-11-6-3-4-9(14(11)16)8-13(18)10-5-1-2-7-12(10)17/h1-7,13,18H,8,17H2. The molecule has 0 aliphatic heterocycles. The Labute approximate surface area is 116 Å². The van der Waals surface area contributed by atoms with Crippen LogP contribution in [-0.4, -0.2) is 5.11 Å². The number of aliphatic hydroxyl groups excluding tert-OH is 1. The van der Waals surface area contributed by atoms with E-state index in [2.05, 4.69) is 0 Å². The number of para-hydroxylation sites is 1. The fraction of sp³-hybridized carbons (Fsp3) is 0.143. The van der Waals surface area contributed by atoms with Crippen LogP contribution < -0.4 is 5.73 Å². The number of aliphatic hydroxyl groups is 1. The van der Waals surface area contributed by atoms with E-state index in [1.54, 1.807) is 18.2 Å². The minimum absolute atomic E-state index is 0.383. The molecule has 0 aromatic heterocycles. The summed E-state index contributed by atoms with van der Waals surface area (Å²) in [6.45, 7) is 0. The van der Waals surface area contributed by atoms with Crippen LogP contribution in [0.4, 0.5) is 5.69 Å². The second kappa shape index (κ2) is 5.61. The molecule has 3 N–H and O–H groups in total. The van der Waals surface area contributed by atoms with Crippen molar-refractivity contribution >= 4 is 28.9 Å². The lowest BCUT2D eigenvalue weighted by Crippen LogP contribution is -2.05. The molecule has 0 amide bonds. The van der Waals surface area contributed by atoms with Crippen LogP contribution in [-0.2, 0) is 6.42 Å². The molecule has 0 saturated carbocycles. The first-order chi connectivity index (χ1) is 8.59. The van der Waals surface area contributed by atoms with Gasteiger partial charge in [0.15, 0.2) is 0 Å². The van der Waals surface area contributed by atoms with Crippen LogP contribution in [0, 0.1) is 0 Å². The smallest absolute Gasteiger partial charge is 0.0850 e. The van der Waals surface area contributed by atoms with Gasteiger partial charge in [0.25, 0.3) is 0 Å². The van der Waals surface area contributed by atoms with Gasteiger partial charge in [-0.2, -0.15) is 0 Å². The second-order valence-corrected chi connectivity index (χ2v) is 4.85. The van der Waals surface area contributed by atoms with E-state index in [1.165, 1.54) is 0 Å². The highest BCUT2D eigenvalue weighted by Gasteiger charge is 2.14. The Kier molecular flexibility index (Phi) is 4.12. The van der Waals surface area contributed by atoms with Crippen molar-refractivity contribution in [2.75, 3.05) is 5.73 Å². The molecule has 0 heterocycles. The van der Waals surface area contributed by atoms with Gasteiger partial charge in [0.05, 0.1) is 16.1 Å². The SMILES string of the molecule is Nc1ccccc1C(O)Cc1cccc(Cl)c1Cl. The maximum atomic E-state index is 10.2. The lowest BCUT2D eigenvalue weighted by Gasteiger charge is -2.14. The molecule has 2 rings (SSSR count). The molecule has 1 unspecified atom stereocenters. The molecule has 18 heavy (non-hydrogen) atoms.